The fourth-order valence-corrected chi connectivity index (χ4v) is 1.04. The monoisotopic (exact) mass is 180 g/mol. The summed E-state index contributed by atoms with van der Waals surface area (Å²) in [7, 11) is 0. The van der Waals surface area contributed by atoms with Gasteiger partial charge in [-0.25, -0.2) is 4.98 Å². The molecule has 1 aromatic rings. The van der Waals surface area contributed by atoms with Gasteiger partial charge in [-0.15, -0.1) is 0 Å². The largest absolute Gasteiger partial charge is 0.244 e. The van der Waals surface area contributed by atoms with E-state index in [0.29, 0.717) is 5.15 Å². The Morgan fingerprint density at radius 2 is 2.42 bits per heavy atom. The number of hydrogen-bond acceptors (Lipinski definition) is 2. The molecule has 0 saturated heterocycles. The van der Waals surface area contributed by atoms with Crippen LogP contribution in [0.25, 0.3) is 0 Å². The predicted molar refractivity (Wildman–Crippen MR) is 47.7 cm³/mol. The molecule has 0 aromatic carbocycles. The molecule has 1 heterocycles. The molecule has 1 aromatic heterocycles. The van der Waals surface area contributed by atoms with Crippen molar-refractivity contribution in [2.24, 2.45) is 5.92 Å². The van der Waals surface area contributed by atoms with Crippen molar-refractivity contribution in [3.63, 3.8) is 0 Å². The van der Waals surface area contributed by atoms with Gasteiger partial charge in [-0.2, -0.15) is 5.26 Å². The minimum absolute atomic E-state index is 0.0352. The molecule has 0 N–H and O–H groups in total. The van der Waals surface area contributed by atoms with E-state index in [2.05, 4.69) is 11.1 Å². The number of rotatable bonds is 2. The molecular weight excluding hydrogens is 172 g/mol. The van der Waals surface area contributed by atoms with Crippen molar-refractivity contribution in [2.75, 3.05) is 0 Å². The lowest BCUT2D eigenvalue weighted by molar-refractivity contribution is 0.736. The summed E-state index contributed by atoms with van der Waals surface area (Å²) in [5.41, 5.74) is 1.05. The van der Waals surface area contributed by atoms with Crippen LogP contribution in [0.5, 0.6) is 0 Å². The van der Waals surface area contributed by atoms with E-state index in [-0.39, 0.29) is 5.92 Å². The third-order valence-corrected chi connectivity index (χ3v) is 1.77. The molecule has 0 fully saturated rings. The quantitative estimate of drug-likeness (QED) is 0.656. The van der Waals surface area contributed by atoms with E-state index in [0.717, 1.165) is 12.0 Å². The molecule has 1 atom stereocenters. The molecular formula is C9H9ClN2. The standard InChI is InChI=1S/C9H9ClN2/c1-7(5-11)4-8-2-3-9(10)12-6-8/h2-3,6-7H,4H2,1H3. The van der Waals surface area contributed by atoms with Crippen LogP contribution in [0, 0.1) is 17.2 Å². The van der Waals surface area contributed by atoms with E-state index in [1.807, 2.05) is 13.0 Å². The maximum atomic E-state index is 8.55. The lowest BCUT2D eigenvalue weighted by atomic mass is 10.0. The van der Waals surface area contributed by atoms with Gasteiger partial charge in [-0.3, -0.25) is 0 Å². The Morgan fingerprint density at radius 3 is 2.92 bits per heavy atom. The summed E-state index contributed by atoms with van der Waals surface area (Å²) in [6.45, 7) is 1.88. The van der Waals surface area contributed by atoms with E-state index in [1.165, 1.54) is 0 Å². The van der Waals surface area contributed by atoms with Crippen molar-refractivity contribution < 1.29 is 0 Å². The first kappa shape index (κ1) is 9.02. The highest BCUT2D eigenvalue weighted by molar-refractivity contribution is 6.29. The summed E-state index contributed by atoms with van der Waals surface area (Å²) in [5.74, 6) is 0.0352. The third-order valence-electron chi connectivity index (χ3n) is 1.55. The highest BCUT2D eigenvalue weighted by Gasteiger charge is 2.01. The first-order chi connectivity index (χ1) is 5.72. The number of aromatic nitrogens is 1. The second-order valence-electron chi connectivity index (χ2n) is 2.72. The van der Waals surface area contributed by atoms with Gasteiger partial charge in [0.05, 0.1) is 6.07 Å². The summed E-state index contributed by atoms with van der Waals surface area (Å²) in [6.07, 6.45) is 2.44. The molecule has 1 rings (SSSR count). The molecule has 0 amide bonds. The van der Waals surface area contributed by atoms with Gasteiger partial charge >= 0.3 is 0 Å². The first-order valence-corrected chi connectivity index (χ1v) is 4.10. The van der Waals surface area contributed by atoms with Gasteiger partial charge in [0.1, 0.15) is 5.15 Å². The average molecular weight is 181 g/mol. The Kier molecular flexibility index (Phi) is 3.07. The van der Waals surface area contributed by atoms with Crippen LogP contribution in [0.4, 0.5) is 0 Å². The van der Waals surface area contributed by atoms with Crippen molar-refractivity contribution in [1.82, 2.24) is 4.98 Å². The van der Waals surface area contributed by atoms with Gasteiger partial charge < -0.3 is 0 Å². The van der Waals surface area contributed by atoms with Crippen molar-refractivity contribution >= 4 is 11.6 Å². The van der Waals surface area contributed by atoms with Gasteiger partial charge in [0.25, 0.3) is 0 Å². The highest BCUT2D eigenvalue weighted by atomic mass is 35.5. The number of hydrogen-bond donors (Lipinski definition) is 0. The lowest BCUT2D eigenvalue weighted by Crippen LogP contribution is -1.96. The number of nitriles is 1. The molecule has 0 aliphatic rings. The van der Waals surface area contributed by atoms with E-state index in [9.17, 15) is 0 Å². The van der Waals surface area contributed by atoms with Crippen molar-refractivity contribution in [1.29, 1.82) is 5.26 Å². The zero-order chi connectivity index (χ0) is 8.97. The normalized spacial score (nSPS) is 12.1. The molecule has 3 heteroatoms. The molecule has 0 aliphatic carbocycles. The Morgan fingerprint density at radius 1 is 1.67 bits per heavy atom. The van der Waals surface area contributed by atoms with Crippen LogP contribution < -0.4 is 0 Å². The van der Waals surface area contributed by atoms with Crippen LogP contribution in [0.15, 0.2) is 18.3 Å². The molecule has 12 heavy (non-hydrogen) atoms. The minimum Gasteiger partial charge on any atom is -0.244 e. The third kappa shape index (κ3) is 2.52. The Bertz CT molecular complexity index is 286. The zero-order valence-corrected chi connectivity index (χ0v) is 7.54. The topological polar surface area (TPSA) is 36.7 Å². The summed E-state index contributed by atoms with van der Waals surface area (Å²) in [5, 5.41) is 9.04. The van der Waals surface area contributed by atoms with E-state index in [1.54, 1.807) is 12.3 Å². The lowest BCUT2D eigenvalue weighted by Gasteiger charge is -2.00. The second kappa shape index (κ2) is 4.08. The van der Waals surface area contributed by atoms with Crippen LogP contribution in [0.3, 0.4) is 0 Å². The van der Waals surface area contributed by atoms with Gasteiger partial charge in [-0.1, -0.05) is 17.7 Å². The second-order valence-corrected chi connectivity index (χ2v) is 3.11. The maximum Gasteiger partial charge on any atom is 0.129 e. The SMILES string of the molecule is CC(C#N)Cc1ccc(Cl)nc1. The minimum atomic E-state index is 0.0352. The fraction of sp³-hybridized carbons (Fsp3) is 0.333. The molecule has 0 saturated carbocycles. The average Bonchev–Trinajstić information content (AvgIpc) is 2.09. The van der Waals surface area contributed by atoms with Crippen LogP contribution in [-0.4, -0.2) is 4.98 Å². The van der Waals surface area contributed by atoms with E-state index in [4.69, 9.17) is 16.9 Å². The summed E-state index contributed by atoms with van der Waals surface area (Å²) >= 11 is 5.61. The van der Waals surface area contributed by atoms with Crippen molar-refractivity contribution in [3.05, 3.63) is 29.0 Å². The molecule has 0 aliphatic heterocycles. The van der Waals surface area contributed by atoms with Crippen LogP contribution in [0.2, 0.25) is 5.15 Å². The smallest absolute Gasteiger partial charge is 0.129 e. The van der Waals surface area contributed by atoms with Gasteiger partial charge in [0.2, 0.25) is 0 Å². The number of nitrogens with zero attached hydrogens (tertiary/aromatic N) is 2. The van der Waals surface area contributed by atoms with Gasteiger partial charge in [0.15, 0.2) is 0 Å². The molecule has 0 bridgehead atoms. The fourth-order valence-electron chi connectivity index (χ4n) is 0.926. The summed E-state index contributed by atoms with van der Waals surface area (Å²) in [6, 6.07) is 5.80. The highest BCUT2D eigenvalue weighted by Crippen LogP contribution is 2.09. The molecule has 0 spiro atoms. The summed E-state index contributed by atoms with van der Waals surface area (Å²) in [4.78, 5) is 3.92. The van der Waals surface area contributed by atoms with Gasteiger partial charge in [0, 0.05) is 12.1 Å². The van der Waals surface area contributed by atoms with Gasteiger partial charge in [-0.05, 0) is 25.0 Å². The number of halogens is 1. The van der Waals surface area contributed by atoms with Crippen LogP contribution in [-0.2, 0) is 6.42 Å². The Hall–Kier alpha value is -1.07. The van der Waals surface area contributed by atoms with E-state index >= 15 is 0 Å². The van der Waals surface area contributed by atoms with E-state index < -0.39 is 0 Å². The van der Waals surface area contributed by atoms with Crippen molar-refractivity contribution in [3.8, 4) is 6.07 Å². The predicted octanol–water partition coefficient (Wildman–Crippen LogP) is 2.44. The van der Waals surface area contributed by atoms with Crippen LogP contribution in [0.1, 0.15) is 12.5 Å². The maximum absolute atomic E-state index is 8.55. The first-order valence-electron chi connectivity index (χ1n) is 3.72. The molecule has 1 unspecified atom stereocenters. The number of pyridine rings is 1. The Balaban J connectivity index is 2.66. The van der Waals surface area contributed by atoms with Crippen LogP contribution >= 0.6 is 11.6 Å². The Labute approximate surface area is 76.8 Å². The molecule has 2 nitrogen and oxygen atoms in total. The van der Waals surface area contributed by atoms with Crippen molar-refractivity contribution in [2.45, 2.75) is 13.3 Å². The summed E-state index contributed by atoms with van der Waals surface area (Å²) < 4.78 is 0. The zero-order valence-electron chi connectivity index (χ0n) is 6.79. The molecule has 62 valence electrons. The molecule has 0 radical (unpaired) electrons.